The lowest BCUT2D eigenvalue weighted by Crippen LogP contribution is -2.16. The van der Waals surface area contributed by atoms with E-state index in [4.69, 9.17) is 9.15 Å². The zero-order valence-corrected chi connectivity index (χ0v) is 12.9. The molecule has 3 nitrogen and oxygen atoms in total. The number of para-hydroxylation sites is 1. The van der Waals surface area contributed by atoms with E-state index in [1.54, 1.807) is 0 Å². The van der Waals surface area contributed by atoms with Crippen LogP contribution in [0.25, 0.3) is 11.0 Å². The average molecular weight is 275 g/mol. The highest BCUT2D eigenvalue weighted by atomic mass is 16.5. The Morgan fingerprint density at radius 2 is 1.95 bits per heavy atom. The molecule has 0 radical (unpaired) electrons. The molecule has 1 aromatic carbocycles. The van der Waals surface area contributed by atoms with E-state index in [1.165, 1.54) is 5.56 Å². The predicted octanol–water partition coefficient (Wildman–Crippen LogP) is 4.10. The Kier molecular flexibility index (Phi) is 5.21. The minimum atomic E-state index is 0.246. The summed E-state index contributed by atoms with van der Waals surface area (Å²) in [5, 5.41) is 4.49. The van der Waals surface area contributed by atoms with Gasteiger partial charge in [0, 0.05) is 10.9 Å². The molecule has 3 heteroatoms. The summed E-state index contributed by atoms with van der Waals surface area (Å²) in [6.45, 7) is 10.9. The highest BCUT2D eigenvalue weighted by Crippen LogP contribution is 2.27. The molecule has 20 heavy (non-hydrogen) atoms. The molecule has 1 atom stereocenters. The number of benzene rings is 1. The van der Waals surface area contributed by atoms with E-state index in [0.29, 0.717) is 12.5 Å². The SMILES string of the molecule is CCNCc1oc2ccccc2c1COC(C)C(C)C. The normalized spacial score (nSPS) is 13.2. The first kappa shape index (κ1) is 15.1. The molecule has 0 saturated carbocycles. The van der Waals surface area contributed by atoms with Gasteiger partial charge in [0.25, 0.3) is 0 Å². The summed E-state index contributed by atoms with van der Waals surface area (Å²) in [6.07, 6.45) is 0.246. The molecular formula is C17H25NO2. The van der Waals surface area contributed by atoms with Crippen LogP contribution in [0.15, 0.2) is 28.7 Å². The Morgan fingerprint density at radius 1 is 1.20 bits per heavy atom. The summed E-state index contributed by atoms with van der Waals surface area (Å²) in [6, 6.07) is 8.17. The van der Waals surface area contributed by atoms with Crippen molar-refractivity contribution in [3.63, 3.8) is 0 Å². The van der Waals surface area contributed by atoms with Crippen LogP contribution in [0.3, 0.4) is 0 Å². The van der Waals surface area contributed by atoms with Gasteiger partial charge in [0.1, 0.15) is 11.3 Å². The molecule has 0 aliphatic carbocycles. The summed E-state index contributed by atoms with van der Waals surface area (Å²) < 4.78 is 11.9. The van der Waals surface area contributed by atoms with Gasteiger partial charge in [0.05, 0.1) is 19.3 Å². The summed E-state index contributed by atoms with van der Waals surface area (Å²) in [4.78, 5) is 0. The van der Waals surface area contributed by atoms with Crippen LogP contribution in [-0.2, 0) is 17.9 Å². The van der Waals surface area contributed by atoms with Crippen LogP contribution in [0.1, 0.15) is 39.0 Å². The van der Waals surface area contributed by atoms with E-state index in [1.807, 2.05) is 18.2 Å². The van der Waals surface area contributed by atoms with Crippen molar-refractivity contribution in [3.8, 4) is 0 Å². The van der Waals surface area contributed by atoms with Crippen molar-refractivity contribution >= 4 is 11.0 Å². The van der Waals surface area contributed by atoms with Gasteiger partial charge in [-0.25, -0.2) is 0 Å². The average Bonchev–Trinajstić information content (AvgIpc) is 2.80. The van der Waals surface area contributed by atoms with E-state index >= 15 is 0 Å². The number of hydrogen-bond acceptors (Lipinski definition) is 3. The molecule has 0 fully saturated rings. The Balaban J connectivity index is 2.23. The van der Waals surface area contributed by atoms with Gasteiger partial charge < -0.3 is 14.5 Å². The van der Waals surface area contributed by atoms with Crippen LogP contribution in [0.4, 0.5) is 0 Å². The number of hydrogen-bond donors (Lipinski definition) is 1. The van der Waals surface area contributed by atoms with Crippen LogP contribution in [0.5, 0.6) is 0 Å². The van der Waals surface area contributed by atoms with Crippen molar-refractivity contribution in [2.45, 2.75) is 47.0 Å². The third kappa shape index (κ3) is 3.41. The van der Waals surface area contributed by atoms with Gasteiger partial charge in [-0.3, -0.25) is 0 Å². The minimum Gasteiger partial charge on any atom is -0.459 e. The molecule has 0 spiro atoms. The molecule has 110 valence electrons. The molecule has 1 aromatic heterocycles. The molecule has 0 aliphatic heterocycles. The lowest BCUT2D eigenvalue weighted by molar-refractivity contribution is 0.0233. The molecule has 0 saturated heterocycles. The maximum absolute atomic E-state index is 5.99. The van der Waals surface area contributed by atoms with Crippen molar-refractivity contribution in [2.24, 2.45) is 5.92 Å². The smallest absolute Gasteiger partial charge is 0.134 e. The fourth-order valence-corrected chi connectivity index (χ4v) is 2.10. The Bertz CT molecular complexity index is 545. The lowest BCUT2D eigenvalue weighted by atomic mass is 10.1. The number of ether oxygens (including phenoxy) is 1. The lowest BCUT2D eigenvalue weighted by Gasteiger charge is -2.16. The number of fused-ring (bicyclic) bond motifs is 1. The fraction of sp³-hybridized carbons (Fsp3) is 0.529. The van der Waals surface area contributed by atoms with Crippen molar-refractivity contribution < 1.29 is 9.15 Å². The summed E-state index contributed by atoms with van der Waals surface area (Å²) >= 11 is 0. The first-order chi connectivity index (χ1) is 9.63. The topological polar surface area (TPSA) is 34.4 Å². The van der Waals surface area contributed by atoms with Crippen LogP contribution in [-0.4, -0.2) is 12.6 Å². The first-order valence-corrected chi connectivity index (χ1v) is 7.45. The molecular weight excluding hydrogens is 250 g/mol. The first-order valence-electron chi connectivity index (χ1n) is 7.45. The molecule has 0 amide bonds. The van der Waals surface area contributed by atoms with Gasteiger partial charge in [0.2, 0.25) is 0 Å². The van der Waals surface area contributed by atoms with E-state index < -0.39 is 0 Å². The molecule has 2 aromatic rings. The second-order valence-corrected chi connectivity index (χ2v) is 5.54. The molecule has 1 heterocycles. The van der Waals surface area contributed by atoms with Crippen LogP contribution in [0.2, 0.25) is 0 Å². The van der Waals surface area contributed by atoms with Crippen molar-refractivity contribution in [2.75, 3.05) is 6.54 Å². The van der Waals surface area contributed by atoms with Gasteiger partial charge >= 0.3 is 0 Å². The molecule has 0 bridgehead atoms. The van der Waals surface area contributed by atoms with Crippen LogP contribution in [0, 0.1) is 5.92 Å². The Hall–Kier alpha value is -1.32. The van der Waals surface area contributed by atoms with Crippen molar-refractivity contribution in [1.29, 1.82) is 0 Å². The highest BCUT2D eigenvalue weighted by Gasteiger charge is 2.15. The quantitative estimate of drug-likeness (QED) is 0.826. The second kappa shape index (κ2) is 6.91. The summed E-state index contributed by atoms with van der Waals surface area (Å²) in [5.41, 5.74) is 2.12. The molecule has 2 rings (SSSR count). The van der Waals surface area contributed by atoms with E-state index in [0.717, 1.165) is 29.8 Å². The third-order valence-corrected chi connectivity index (χ3v) is 3.75. The zero-order valence-electron chi connectivity index (χ0n) is 12.9. The number of rotatable bonds is 7. The number of furan rings is 1. The summed E-state index contributed by atoms with van der Waals surface area (Å²) in [7, 11) is 0. The zero-order chi connectivity index (χ0) is 14.5. The standard InChI is InChI=1S/C17H25NO2/c1-5-18-10-17-15(11-19-13(4)12(2)3)14-8-6-7-9-16(14)20-17/h6-9,12-13,18H,5,10-11H2,1-4H3. The third-order valence-electron chi connectivity index (χ3n) is 3.75. The van der Waals surface area contributed by atoms with Crippen LogP contribution >= 0.6 is 0 Å². The van der Waals surface area contributed by atoms with E-state index in [2.05, 4.69) is 39.1 Å². The van der Waals surface area contributed by atoms with Gasteiger partial charge in [0.15, 0.2) is 0 Å². The molecule has 1 N–H and O–H groups in total. The highest BCUT2D eigenvalue weighted by molar-refractivity contribution is 5.82. The minimum absolute atomic E-state index is 0.246. The predicted molar refractivity (Wildman–Crippen MR) is 82.7 cm³/mol. The summed E-state index contributed by atoms with van der Waals surface area (Å²) in [5.74, 6) is 1.51. The van der Waals surface area contributed by atoms with Crippen LogP contribution < -0.4 is 5.32 Å². The number of nitrogens with one attached hydrogen (secondary N) is 1. The largest absolute Gasteiger partial charge is 0.459 e. The van der Waals surface area contributed by atoms with Gasteiger partial charge in [-0.05, 0) is 25.5 Å². The van der Waals surface area contributed by atoms with Crippen molar-refractivity contribution in [1.82, 2.24) is 5.32 Å². The Labute approximate surface area is 121 Å². The Morgan fingerprint density at radius 3 is 2.65 bits per heavy atom. The van der Waals surface area contributed by atoms with E-state index in [9.17, 15) is 0 Å². The van der Waals surface area contributed by atoms with E-state index in [-0.39, 0.29) is 6.10 Å². The van der Waals surface area contributed by atoms with Gasteiger partial charge in [-0.15, -0.1) is 0 Å². The van der Waals surface area contributed by atoms with Gasteiger partial charge in [-0.1, -0.05) is 39.0 Å². The fourth-order valence-electron chi connectivity index (χ4n) is 2.10. The second-order valence-electron chi connectivity index (χ2n) is 5.54. The molecule has 1 unspecified atom stereocenters. The maximum atomic E-state index is 5.99. The van der Waals surface area contributed by atoms with Gasteiger partial charge in [-0.2, -0.15) is 0 Å². The molecule has 0 aliphatic rings. The maximum Gasteiger partial charge on any atom is 0.134 e. The monoisotopic (exact) mass is 275 g/mol. The van der Waals surface area contributed by atoms with Crippen molar-refractivity contribution in [3.05, 3.63) is 35.6 Å².